The van der Waals surface area contributed by atoms with Crippen molar-refractivity contribution >= 4 is 5.91 Å². The van der Waals surface area contributed by atoms with E-state index in [1.807, 2.05) is 19.4 Å². The number of aromatic nitrogens is 2. The van der Waals surface area contributed by atoms with Crippen LogP contribution in [0.15, 0.2) is 12.4 Å². The van der Waals surface area contributed by atoms with Crippen LogP contribution in [-0.2, 0) is 23.1 Å². The van der Waals surface area contributed by atoms with Crippen molar-refractivity contribution in [1.82, 2.24) is 24.3 Å². The second kappa shape index (κ2) is 9.37. The first kappa shape index (κ1) is 19.9. The van der Waals surface area contributed by atoms with Gasteiger partial charge in [-0.3, -0.25) is 14.6 Å². The zero-order chi connectivity index (χ0) is 19.3. The normalized spacial score (nSPS) is 27.8. The van der Waals surface area contributed by atoms with Gasteiger partial charge >= 0.3 is 0 Å². The fourth-order valence-corrected chi connectivity index (χ4v) is 5.01. The smallest absolute Gasteiger partial charge is 0.226 e. The molecule has 3 fully saturated rings. The Morgan fingerprint density at radius 2 is 1.89 bits per heavy atom. The molecule has 0 bridgehead atoms. The second-order valence-electron chi connectivity index (χ2n) is 8.75. The maximum atomic E-state index is 13.3. The minimum absolute atomic E-state index is 0.123. The van der Waals surface area contributed by atoms with Crippen LogP contribution in [-0.4, -0.2) is 89.2 Å². The quantitative estimate of drug-likeness (QED) is 0.758. The fourth-order valence-electron chi connectivity index (χ4n) is 5.01. The molecule has 3 aliphatic heterocycles. The van der Waals surface area contributed by atoms with Gasteiger partial charge in [-0.2, -0.15) is 0 Å². The number of rotatable bonds is 5. The highest BCUT2D eigenvalue weighted by molar-refractivity contribution is 5.79. The van der Waals surface area contributed by atoms with Gasteiger partial charge in [-0.15, -0.1) is 0 Å². The van der Waals surface area contributed by atoms with Crippen LogP contribution in [0.3, 0.4) is 0 Å². The number of hydrogen-bond acceptors (Lipinski definition) is 5. The third-order valence-electron chi connectivity index (χ3n) is 6.54. The van der Waals surface area contributed by atoms with Gasteiger partial charge in [0.25, 0.3) is 0 Å². The van der Waals surface area contributed by atoms with Gasteiger partial charge in [0.2, 0.25) is 5.91 Å². The van der Waals surface area contributed by atoms with Crippen LogP contribution < -0.4 is 0 Å². The maximum absolute atomic E-state index is 13.3. The molecule has 0 unspecified atom stereocenters. The molecular weight excluding hydrogens is 354 g/mol. The predicted molar refractivity (Wildman–Crippen MR) is 108 cm³/mol. The number of carbonyl (C=O) groups excluding carboxylic acids is 1. The topological polar surface area (TPSA) is 53.8 Å². The summed E-state index contributed by atoms with van der Waals surface area (Å²) in [5.74, 6) is 2.12. The Bertz CT molecular complexity index is 636. The zero-order valence-corrected chi connectivity index (χ0v) is 17.3. The van der Waals surface area contributed by atoms with E-state index < -0.39 is 0 Å². The lowest BCUT2D eigenvalue weighted by atomic mass is 9.87. The summed E-state index contributed by atoms with van der Waals surface area (Å²) in [5, 5.41) is 0. The molecule has 4 rings (SSSR count). The van der Waals surface area contributed by atoms with Crippen LogP contribution in [0, 0.1) is 11.8 Å². The number of piperidine rings is 2. The lowest BCUT2D eigenvalue weighted by molar-refractivity contribution is -0.139. The number of nitrogens with zero attached hydrogens (tertiary/aromatic N) is 5. The number of amides is 1. The van der Waals surface area contributed by atoms with E-state index >= 15 is 0 Å². The number of morpholine rings is 1. The molecule has 2 atom stereocenters. The van der Waals surface area contributed by atoms with E-state index in [4.69, 9.17) is 4.74 Å². The van der Waals surface area contributed by atoms with E-state index in [0.717, 1.165) is 90.7 Å². The first-order valence-electron chi connectivity index (χ1n) is 11.0. The summed E-state index contributed by atoms with van der Waals surface area (Å²) < 4.78 is 7.60. The minimum Gasteiger partial charge on any atom is -0.379 e. The molecule has 3 saturated heterocycles. The van der Waals surface area contributed by atoms with Crippen molar-refractivity contribution < 1.29 is 9.53 Å². The summed E-state index contributed by atoms with van der Waals surface area (Å²) in [5.41, 5.74) is 0. The molecule has 156 valence electrons. The Labute approximate surface area is 168 Å². The third-order valence-corrected chi connectivity index (χ3v) is 6.54. The minimum atomic E-state index is 0.123. The third kappa shape index (κ3) is 4.93. The van der Waals surface area contributed by atoms with Crippen LogP contribution >= 0.6 is 0 Å². The van der Waals surface area contributed by atoms with Crippen molar-refractivity contribution in [1.29, 1.82) is 0 Å². The van der Waals surface area contributed by atoms with E-state index in [-0.39, 0.29) is 5.92 Å². The summed E-state index contributed by atoms with van der Waals surface area (Å²) in [6.45, 7) is 9.40. The summed E-state index contributed by atoms with van der Waals surface area (Å²) in [6, 6.07) is 0. The Kier molecular flexibility index (Phi) is 6.65. The number of hydrogen-bond donors (Lipinski definition) is 0. The number of aryl methyl sites for hydroxylation is 1. The van der Waals surface area contributed by atoms with E-state index in [0.29, 0.717) is 11.8 Å². The highest BCUT2D eigenvalue weighted by Gasteiger charge is 2.35. The molecule has 0 N–H and O–H groups in total. The van der Waals surface area contributed by atoms with Crippen molar-refractivity contribution in [2.45, 2.75) is 32.2 Å². The van der Waals surface area contributed by atoms with Gasteiger partial charge in [0.1, 0.15) is 5.82 Å². The lowest BCUT2D eigenvalue weighted by Gasteiger charge is -2.41. The molecule has 28 heavy (non-hydrogen) atoms. The molecule has 0 spiro atoms. The number of carbonyl (C=O) groups is 1. The molecule has 1 amide bonds. The second-order valence-corrected chi connectivity index (χ2v) is 8.75. The average molecular weight is 390 g/mol. The lowest BCUT2D eigenvalue weighted by Crippen LogP contribution is -2.51. The number of ether oxygens (including phenoxy) is 1. The Morgan fingerprint density at radius 3 is 2.61 bits per heavy atom. The number of imidazole rings is 1. The van der Waals surface area contributed by atoms with E-state index in [1.165, 1.54) is 6.42 Å². The number of likely N-dealkylation sites (tertiary alicyclic amines) is 2. The molecule has 3 aliphatic rings. The summed E-state index contributed by atoms with van der Waals surface area (Å²) in [6.07, 6.45) is 8.46. The Morgan fingerprint density at radius 1 is 1.11 bits per heavy atom. The van der Waals surface area contributed by atoms with E-state index in [2.05, 4.69) is 24.3 Å². The van der Waals surface area contributed by atoms with Crippen LogP contribution in [0.1, 0.15) is 31.5 Å². The predicted octanol–water partition coefficient (Wildman–Crippen LogP) is 1.20. The standard InChI is InChI=1S/C21H35N5O2/c1-23-8-5-22-20(23)17-25-15-18(14-24-9-11-28-12-10-24)13-19(16-25)21(27)26-6-3-2-4-7-26/h5,8,18-19H,2-4,6-7,9-17H2,1H3/t18-,19-/m1/s1. The van der Waals surface area contributed by atoms with Gasteiger partial charge in [-0.05, 0) is 31.6 Å². The SMILES string of the molecule is Cn1ccnc1CN1C[C@@H](CN2CCOCC2)C[C@@H](C(=O)N2CCCCC2)C1. The molecule has 0 saturated carbocycles. The van der Waals surface area contributed by atoms with Crippen molar-refractivity contribution in [3.63, 3.8) is 0 Å². The van der Waals surface area contributed by atoms with Crippen LogP contribution in [0.2, 0.25) is 0 Å². The van der Waals surface area contributed by atoms with Crippen LogP contribution in [0.5, 0.6) is 0 Å². The van der Waals surface area contributed by atoms with Crippen LogP contribution in [0.4, 0.5) is 0 Å². The maximum Gasteiger partial charge on any atom is 0.226 e. The van der Waals surface area contributed by atoms with Gasteiger partial charge in [0, 0.05) is 65.3 Å². The van der Waals surface area contributed by atoms with E-state index in [1.54, 1.807) is 0 Å². The zero-order valence-electron chi connectivity index (χ0n) is 17.3. The van der Waals surface area contributed by atoms with E-state index in [9.17, 15) is 4.79 Å². The monoisotopic (exact) mass is 389 g/mol. The van der Waals surface area contributed by atoms with Gasteiger partial charge in [-0.25, -0.2) is 4.98 Å². The molecular formula is C21H35N5O2. The van der Waals surface area contributed by atoms with Crippen molar-refractivity contribution in [3.8, 4) is 0 Å². The summed E-state index contributed by atoms with van der Waals surface area (Å²) in [4.78, 5) is 24.9. The highest BCUT2D eigenvalue weighted by Crippen LogP contribution is 2.27. The van der Waals surface area contributed by atoms with Gasteiger partial charge in [0.05, 0.1) is 25.7 Å². The molecule has 0 radical (unpaired) electrons. The van der Waals surface area contributed by atoms with Crippen molar-refractivity contribution in [2.75, 3.05) is 59.0 Å². The van der Waals surface area contributed by atoms with Crippen LogP contribution in [0.25, 0.3) is 0 Å². The van der Waals surface area contributed by atoms with Gasteiger partial charge < -0.3 is 14.2 Å². The molecule has 1 aromatic rings. The first-order valence-corrected chi connectivity index (χ1v) is 11.0. The molecule has 7 nitrogen and oxygen atoms in total. The Hall–Kier alpha value is -1.44. The van der Waals surface area contributed by atoms with Gasteiger partial charge in [-0.1, -0.05) is 0 Å². The first-order chi connectivity index (χ1) is 13.7. The van der Waals surface area contributed by atoms with Gasteiger partial charge in [0.15, 0.2) is 0 Å². The Balaban J connectivity index is 1.43. The highest BCUT2D eigenvalue weighted by atomic mass is 16.5. The molecule has 1 aromatic heterocycles. The molecule has 7 heteroatoms. The molecule has 0 aromatic carbocycles. The summed E-state index contributed by atoms with van der Waals surface area (Å²) in [7, 11) is 2.05. The molecule has 4 heterocycles. The largest absolute Gasteiger partial charge is 0.379 e. The fraction of sp³-hybridized carbons (Fsp3) is 0.810. The average Bonchev–Trinajstić information content (AvgIpc) is 3.13. The molecule has 0 aliphatic carbocycles. The van der Waals surface area contributed by atoms with Crippen molar-refractivity contribution in [3.05, 3.63) is 18.2 Å². The summed E-state index contributed by atoms with van der Waals surface area (Å²) >= 11 is 0. The van der Waals surface area contributed by atoms with Crippen molar-refractivity contribution in [2.24, 2.45) is 18.9 Å².